The Labute approximate surface area is 155 Å². The van der Waals surface area contributed by atoms with Gasteiger partial charge in [-0.1, -0.05) is 48.5 Å². The van der Waals surface area contributed by atoms with Gasteiger partial charge in [-0.2, -0.15) is 0 Å². The number of hydrogen-bond acceptors (Lipinski definition) is 2. The highest BCUT2D eigenvalue weighted by Crippen LogP contribution is 2.40. The molecule has 26 heavy (non-hydrogen) atoms. The Morgan fingerprint density at radius 3 is 1.65 bits per heavy atom. The molecule has 2 fully saturated rings. The summed E-state index contributed by atoms with van der Waals surface area (Å²) in [5, 5.41) is 0. The van der Waals surface area contributed by atoms with Gasteiger partial charge in [0.15, 0.2) is 5.78 Å². The lowest BCUT2D eigenvalue weighted by Crippen LogP contribution is -2.43. The van der Waals surface area contributed by atoms with Crippen LogP contribution in [0.5, 0.6) is 0 Å². The molecular weight excluding hydrogens is 318 g/mol. The van der Waals surface area contributed by atoms with E-state index in [9.17, 15) is 4.79 Å². The lowest BCUT2D eigenvalue weighted by molar-refractivity contribution is -0.114. The van der Waals surface area contributed by atoms with Gasteiger partial charge in [0.2, 0.25) is 0 Å². The molecule has 2 unspecified atom stereocenters. The number of nitrogens with zero attached hydrogens (tertiary/aromatic N) is 1. The van der Waals surface area contributed by atoms with Gasteiger partial charge in [-0.15, -0.1) is 0 Å². The number of piperidine rings is 1. The Kier molecular flexibility index (Phi) is 4.37. The second-order valence-electron chi connectivity index (χ2n) is 7.52. The van der Waals surface area contributed by atoms with Crippen LogP contribution in [0.4, 0.5) is 0 Å². The van der Waals surface area contributed by atoms with Crippen LogP contribution >= 0.6 is 0 Å². The summed E-state index contributed by atoms with van der Waals surface area (Å²) in [5.74, 6) is 0.224. The van der Waals surface area contributed by atoms with Crippen LogP contribution in [0, 0.1) is 13.8 Å². The van der Waals surface area contributed by atoms with E-state index >= 15 is 0 Å². The Morgan fingerprint density at radius 2 is 1.23 bits per heavy atom. The summed E-state index contributed by atoms with van der Waals surface area (Å²) in [6.45, 7) is 4.20. The summed E-state index contributed by atoms with van der Waals surface area (Å²) in [6.07, 6.45) is 6.34. The summed E-state index contributed by atoms with van der Waals surface area (Å²) < 4.78 is 0. The Hall–Kier alpha value is -2.45. The van der Waals surface area contributed by atoms with Crippen molar-refractivity contribution in [2.75, 3.05) is 7.05 Å². The normalized spacial score (nSPS) is 26.0. The van der Waals surface area contributed by atoms with Crippen molar-refractivity contribution in [1.82, 2.24) is 4.90 Å². The molecule has 2 aliphatic heterocycles. The highest BCUT2D eigenvalue weighted by atomic mass is 16.1. The van der Waals surface area contributed by atoms with E-state index in [1.54, 1.807) is 0 Å². The Bertz CT molecular complexity index is 848. The van der Waals surface area contributed by atoms with Gasteiger partial charge < -0.3 is 0 Å². The molecule has 0 amide bonds. The standard InChI is InChI=1S/C24H25NO/c1-16-8-4-6-10-18(16)14-20-22-12-13-23(25(22)3)21(24(20)26)15-19-11-7-5-9-17(19)2/h4-11,14-15,22-23H,12-13H2,1-3H3. The Morgan fingerprint density at radius 1 is 0.808 bits per heavy atom. The molecule has 2 aromatic rings. The fraction of sp³-hybridized carbons (Fsp3) is 0.292. The van der Waals surface area contributed by atoms with Gasteiger partial charge in [0.25, 0.3) is 0 Å². The number of ketones is 1. The van der Waals surface area contributed by atoms with Gasteiger partial charge in [-0.3, -0.25) is 9.69 Å². The lowest BCUT2D eigenvalue weighted by atomic mass is 9.87. The number of Topliss-reactive ketones (excluding diaryl/α,β-unsaturated/α-hetero) is 1. The number of carbonyl (C=O) groups excluding carboxylic acids is 1. The highest BCUT2D eigenvalue weighted by molar-refractivity contribution is 6.16. The van der Waals surface area contributed by atoms with Gasteiger partial charge in [0, 0.05) is 23.2 Å². The first-order valence-electron chi connectivity index (χ1n) is 9.37. The van der Waals surface area contributed by atoms with Crippen molar-refractivity contribution in [3.63, 3.8) is 0 Å². The first kappa shape index (κ1) is 17.0. The molecule has 2 saturated heterocycles. The SMILES string of the molecule is Cc1ccccc1C=C1C(=O)C(=Cc2ccccc2C)C2CCC1N2C. The maximum atomic E-state index is 13.4. The van der Waals surface area contributed by atoms with E-state index in [1.807, 2.05) is 24.3 Å². The van der Waals surface area contributed by atoms with Crippen molar-refractivity contribution < 1.29 is 4.79 Å². The minimum Gasteiger partial charge on any atom is -0.292 e. The molecule has 0 spiro atoms. The number of fused-ring (bicyclic) bond motifs is 2. The molecule has 0 radical (unpaired) electrons. The van der Waals surface area contributed by atoms with Crippen LogP contribution < -0.4 is 0 Å². The number of rotatable bonds is 2. The van der Waals surface area contributed by atoms with Crippen molar-refractivity contribution >= 4 is 17.9 Å². The van der Waals surface area contributed by atoms with Gasteiger partial charge >= 0.3 is 0 Å². The van der Waals surface area contributed by atoms with Gasteiger partial charge in [-0.05, 0) is 68.1 Å². The number of carbonyl (C=O) groups is 1. The predicted octanol–water partition coefficient (Wildman–Crippen LogP) is 4.82. The molecule has 0 saturated carbocycles. The summed E-state index contributed by atoms with van der Waals surface area (Å²) in [4.78, 5) is 15.8. The van der Waals surface area contributed by atoms with E-state index in [0.29, 0.717) is 0 Å². The molecule has 0 aliphatic carbocycles. The average Bonchev–Trinajstić information content (AvgIpc) is 2.94. The third-order valence-corrected chi connectivity index (χ3v) is 5.94. The molecule has 2 atom stereocenters. The molecule has 2 aliphatic rings. The monoisotopic (exact) mass is 343 g/mol. The maximum absolute atomic E-state index is 13.4. The van der Waals surface area contributed by atoms with E-state index in [4.69, 9.17) is 0 Å². The smallest absolute Gasteiger partial charge is 0.188 e. The van der Waals surface area contributed by atoms with Crippen molar-refractivity contribution in [2.45, 2.75) is 38.8 Å². The van der Waals surface area contributed by atoms with E-state index in [-0.39, 0.29) is 17.9 Å². The molecule has 2 heterocycles. The molecule has 2 nitrogen and oxygen atoms in total. The molecule has 2 bridgehead atoms. The van der Waals surface area contributed by atoms with Crippen LogP contribution in [0.15, 0.2) is 59.7 Å². The maximum Gasteiger partial charge on any atom is 0.188 e. The molecule has 0 N–H and O–H groups in total. The number of hydrogen-bond donors (Lipinski definition) is 0. The highest BCUT2D eigenvalue weighted by Gasteiger charge is 2.44. The van der Waals surface area contributed by atoms with Crippen LogP contribution in [0.25, 0.3) is 12.2 Å². The fourth-order valence-corrected chi connectivity index (χ4v) is 4.32. The minimum absolute atomic E-state index is 0.224. The van der Waals surface area contributed by atoms with Crippen LogP contribution in [0.2, 0.25) is 0 Å². The van der Waals surface area contributed by atoms with Gasteiger partial charge in [-0.25, -0.2) is 0 Å². The minimum atomic E-state index is 0.224. The number of likely N-dealkylation sites (N-methyl/N-ethyl adjacent to an activating group) is 1. The summed E-state index contributed by atoms with van der Waals surface area (Å²) >= 11 is 0. The summed E-state index contributed by atoms with van der Waals surface area (Å²) in [5.41, 5.74) is 6.58. The first-order valence-corrected chi connectivity index (χ1v) is 9.37. The van der Waals surface area contributed by atoms with Crippen molar-refractivity contribution in [2.24, 2.45) is 0 Å². The Balaban J connectivity index is 1.81. The second kappa shape index (κ2) is 6.69. The summed E-state index contributed by atoms with van der Waals surface area (Å²) in [6, 6.07) is 17.0. The molecule has 4 rings (SSSR count). The van der Waals surface area contributed by atoms with Gasteiger partial charge in [0.1, 0.15) is 0 Å². The van der Waals surface area contributed by atoms with E-state index in [0.717, 1.165) is 35.1 Å². The van der Waals surface area contributed by atoms with Crippen LogP contribution in [0.1, 0.15) is 35.1 Å². The zero-order valence-corrected chi connectivity index (χ0v) is 15.7. The average molecular weight is 343 g/mol. The van der Waals surface area contributed by atoms with Crippen LogP contribution in [-0.4, -0.2) is 29.8 Å². The van der Waals surface area contributed by atoms with Crippen LogP contribution in [-0.2, 0) is 4.79 Å². The topological polar surface area (TPSA) is 20.3 Å². The van der Waals surface area contributed by atoms with E-state index in [2.05, 4.69) is 62.2 Å². The van der Waals surface area contributed by atoms with Crippen molar-refractivity contribution in [3.8, 4) is 0 Å². The largest absolute Gasteiger partial charge is 0.292 e. The number of aryl methyl sites for hydroxylation is 2. The van der Waals surface area contributed by atoms with E-state index < -0.39 is 0 Å². The molecule has 2 heteroatoms. The summed E-state index contributed by atoms with van der Waals surface area (Å²) in [7, 11) is 2.16. The fourth-order valence-electron chi connectivity index (χ4n) is 4.32. The lowest BCUT2D eigenvalue weighted by Gasteiger charge is -2.34. The van der Waals surface area contributed by atoms with Gasteiger partial charge in [0.05, 0.1) is 0 Å². The molecule has 0 aromatic heterocycles. The van der Waals surface area contributed by atoms with Crippen molar-refractivity contribution in [1.29, 1.82) is 0 Å². The van der Waals surface area contributed by atoms with Crippen molar-refractivity contribution in [3.05, 3.63) is 81.9 Å². The first-order chi connectivity index (χ1) is 12.6. The predicted molar refractivity (Wildman–Crippen MR) is 108 cm³/mol. The molecule has 132 valence electrons. The van der Waals surface area contributed by atoms with E-state index in [1.165, 1.54) is 11.1 Å². The molecule has 2 aromatic carbocycles. The third kappa shape index (κ3) is 2.85. The third-order valence-electron chi connectivity index (χ3n) is 5.94. The molecular formula is C24H25NO. The quantitative estimate of drug-likeness (QED) is 0.729. The zero-order chi connectivity index (χ0) is 18.3. The number of benzene rings is 2. The zero-order valence-electron chi connectivity index (χ0n) is 15.7. The second-order valence-corrected chi connectivity index (χ2v) is 7.52. The van der Waals surface area contributed by atoms with Crippen LogP contribution in [0.3, 0.4) is 0 Å².